The lowest BCUT2D eigenvalue weighted by Gasteiger charge is -2.28. The van der Waals surface area contributed by atoms with E-state index in [0.717, 1.165) is 22.7 Å². The largest absolute Gasteiger partial charge is 0.496 e. The highest BCUT2D eigenvalue weighted by Crippen LogP contribution is 2.36. The summed E-state index contributed by atoms with van der Waals surface area (Å²) in [5.41, 5.74) is 1.68. The average Bonchev–Trinajstić information content (AvgIpc) is 2.29. The predicted octanol–water partition coefficient (Wildman–Crippen LogP) is 2.59. The fourth-order valence-corrected chi connectivity index (χ4v) is 1.96. The summed E-state index contributed by atoms with van der Waals surface area (Å²) in [6, 6.07) is 3.85. The van der Waals surface area contributed by atoms with Gasteiger partial charge in [0.15, 0.2) is 0 Å². The summed E-state index contributed by atoms with van der Waals surface area (Å²) in [6.45, 7) is 6.20. The zero-order valence-corrected chi connectivity index (χ0v) is 11.8. The Hall–Kier alpha value is -1.42. The minimum atomic E-state index is -0.191. The summed E-state index contributed by atoms with van der Waals surface area (Å²) in [5.74, 6) is 1.58. The first kappa shape index (κ1) is 14.6. The standard InChI is InChI=1S/C14H23NO3/c1-10-12(17-4)7-6-11(13(10)18-5)15-14(2,3)8-9-16/h6-7,15-16H,8-9H2,1-5H3. The van der Waals surface area contributed by atoms with E-state index in [2.05, 4.69) is 5.32 Å². The van der Waals surface area contributed by atoms with Crippen molar-refractivity contribution in [3.8, 4) is 11.5 Å². The molecular formula is C14H23NO3. The van der Waals surface area contributed by atoms with Gasteiger partial charge in [-0.1, -0.05) is 0 Å². The van der Waals surface area contributed by atoms with Gasteiger partial charge in [-0.05, 0) is 39.3 Å². The van der Waals surface area contributed by atoms with Gasteiger partial charge in [-0.15, -0.1) is 0 Å². The highest BCUT2D eigenvalue weighted by atomic mass is 16.5. The maximum Gasteiger partial charge on any atom is 0.148 e. The number of anilines is 1. The van der Waals surface area contributed by atoms with Crippen LogP contribution >= 0.6 is 0 Å². The Labute approximate surface area is 109 Å². The van der Waals surface area contributed by atoms with Crippen molar-refractivity contribution in [1.82, 2.24) is 0 Å². The number of methoxy groups -OCH3 is 2. The number of aliphatic hydroxyl groups excluding tert-OH is 1. The second kappa shape index (κ2) is 5.96. The summed E-state index contributed by atoms with van der Waals surface area (Å²) < 4.78 is 10.7. The normalized spacial score (nSPS) is 11.2. The molecule has 4 nitrogen and oxygen atoms in total. The van der Waals surface area contributed by atoms with E-state index < -0.39 is 0 Å². The van der Waals surface area contributed by atoms with E-state index in [9.17, 15) is 0 Å². The number of nitrogens with one attached hydrogen (secondary N) is 1. The van der Waals surface area contributed by atoms with Crippen molar-refractivity contribution in [1.29, 1.82) is 0 Å². The Morgan fingerprint density at radius 2 is 1.89 bits per heavy atom. The van der Waals surface area contributed by atoms with Crippen LogP contribution in [0.3, 0.4) is 0 Å². The van der Waals surface area contributed by atoms with E-state index in [0.29, 0.717) is 6.42 Å². The van der Waals surface area contributed by atoms with Crippen LogP contribution in [-0.2, 0) is 0 Å². The molecule has 0 aliphatic rings. The SMILES string of the molecule is COc1ccc(NC(C)(C)CCO)c(OC)c1C. The first-order valence-electron chi connectivity index (χ1n) is 6.06. The molecule has 0 saturated heterocycles. The third-order valence-electron chi connectivity index (χ3n) is 2.99. The van der Waals surface area contributed by atoms with Crippen molar-refractivity contribution in [2.24, 2.45) is 0 Å². The highest BCUT2D eigenvalue weighted by molar-refractivity contribution is 5.64. The number of rotatable bonds is 6. The lowest BCUT2D eigenvalue weighted by Crippen LogP contribution is -2.32. The lowest BCUT2D eigenvalue weighted by molar-refractivity contribution is 0.260. The number of ether oxygens (including phenoxy) is 2. The van der Waals surface area contributed by atoms with Crippen molar-refractivity contribution in [3.63, 3.8) is 0 Å². The maximum absolute atomic E-state index is 9.05. The molecule has 0 unspecified atom stereocenters. The first-order chi connectivity index (χ1) is 8.45. The van der Waals surface area contributed by atoms with Crippen molar-refractivity contribution in [2.45, 2.75) is 32.7 Å². The van der Waals surface area contributed by atoms with Gasteiger partial charge < -0.3 is 19.9 Å². The zero-order valence-electron chi connectivity index (χ0n) is 11.8. The Morgan fingerprint density at radius 1 is 1.22 bits per heavy atom. The second-order valence-electron chi connectivity index (χ2n) is 4.96. The smallest absolute Gasteiger partial charge is 0.148 e. The highest BCUT2D eigenvalue weighted by Gasteiger charge is 2.20. The molecule has 2 N–H and O–H groups in total. The summed E-state index contributed by atoms with van der Waals surface area (Å²) in [6.07, 6.45) is 0.668. The average molecular weight is 253 g/mol. The van der Waals surface area contributed by atoms with Gasteiger partial charge in [0.2, 0.25) is 0 Å². The number of benzene rings is 1. The Kier molecular flexibility index (Phi) is 4.84. The van der Waals surface area contributed by atoms with Crippen LogP contribution in [-0.4, -0.2) is 31.5 Å². The van der Waals surface area contributed by atoms with Crippen LogP contribution < -0.4 is 14.8 Å². The maximum atomic E-state index is 9.05. The molecule has 0 aliphatic heterocycles. The molecule has 0 aromatic heterocycles. The first-order valence-corrected chi connectivity index (χ1v) is 6.06. The molecule has 0 heterocycles. The van der Waals surface area contributed by atoms with E-state index in [1.807, 2.05) is 32.9 Å². The van der Waals surface area contributed by atoms with Gasteiger partial charge in [0, 0.05) is 17.7 Å². The Morgan fingerprint density at radius 3 is 2.39 bits per heavy atom. The summed E-state index contributed by atoms with van der Waals surface area (Å²) >= 11 is 0. The minimum Gasteiger partial charge on any atom is -0.496 e. The molecule has 4 heteroatoms. The molecule has 0 bridgehead atoms. The van der Waals surface area contributed by atoms with Gasteiger partial charge in [0.05, 0.1) is 19.9 Å². The van der Waals surface area contributed by atoms with Crippen molar-refractivity contribution in [3.05, 3.63) is 17.7 Å². The molecule has 1 rings (SSSR count). The number of hydrogen-bond acceptors (Lipinski definition) is 4. The summed E-state index contributed by atoms with van der Waals surface area (Å²) in [4.78, 5) is 0. The fourth-order valence-electron chi connectivity index (χ4n) is 1.96. The van der Waals surface area contributed by atoms with Crippen LogP contribution in [0.5, 0.6) is 11.5 Å². The predicted molar refractivity (Wildman–Crippen MR) is 73.7 cm³/mol. The van der Waals surface area contributed by atoms with Crippen molar-refractivity contribution in [2.75, 3.05) is 26.1 Å². The summed E-state index contributed by atoms with van der Waals surface area (Å²) in [7, 11) is 3.29. The van der Waals surface area contributed by atoms with Crippen LogP contribution in [0.2, 0.25) is 0 Å². The molecule has 1 aromatic rings. The molecule has 0 saturated carbocycles. The molecule has 18 heavy (non-hydrogen) atoms. The molecule has 0 aliphatic carbocycles. The second-order valence-corrected chi connectivity index (χ2v) is 4.96. The van der Waals surface area contributed by atoms with Gasteiger partial charge in [-0.25, -0.2) is 0 Å². The topological polar surface area (TPSA) is 50.7 Å². The zero-order chi connectivity index (χ0) is 13.8. The third kappa shape index (κ3) is 3.29. The molecule has 0 amide bonds. The number of aliphatic hydroxyl groups is 1. The van der Waals surface area contributed by atoms with Crippen LogP contribution in [0.15, 0.2) is 12.1 Å². The lowest BCUT2D eigenvalue weighted by atomic mass is 10.00. The van der Waals surface area contributed by atoms with E-state index >= 15 is 0 Å². The fraction of sp³-hybridized carbons (Fsp3) is 0.571. The Balaban J connectivity index is 3.06. The van der Waals surface area contributed by atoms with E-state index in [-0.39, 0.29) is 12.1 Å². The Bertz CT molecular complexity index is 402. The molecule has 0 atom stereocenters. The molecule has 102 valence electrons. The van der Waals surface area contributed by atoms with Crippen molar-refractivity contribution < 1.29 is 14.6 Å². The van der Waals surface area contributed by atoms with Gasteiger partial charge in [0.1, 0.15) is 11.5 Å². The van der Waals surface area contributed by atoms with Crippen LogP contribution in [0, 0.1) is 6.92 Å². The number of hydrogen-bond donors (Lipinski definition) is 2. The van der Waals surface area contributed by atoms with Crippen LogP contribution in [0.4, 0.5) is 5.69 Å². The van der Waals surface area contributed by atoms with Crippen LogP contribution in [0.25, 0.3) is 0 Å². The molecule has 1 aromatic carbocycles. The quantitative estimate of drug-likeness (QED) is 0.818. The van der Waals surface area contributed by atoms with E-state index in [1.54, 1.807) is 14.2 Å². The minimum absolute atomic E-state index is 0.150. The molecule has 0 spiro atoms. The van der Waals surface area contributed by atoms with Crippen molar-refractivity contribution >= 4 is 5.69 Å². The monoisotopic (exact) mass is 253 g/mol. The van der Waals surface area contributed by atoms with E-state index in [1.165, 1.54) is 0 Å². The molecule has 0 radical (unpaired) electrons. The van der Waals surface area contributed by atoms with Gasteiger partial charge in [0.25, 0.3) is 0 Å². The third-order valence-corrected chi connectivity index (χ3v) is 2.99. The van der Waals surface area contributed by atoms with Gasteiger partial charge in [-0.2, -0.15) is 0 Å². The van der Waals surface area contributed by atoms with Gasteiger partial charge in [-0.3, -0.25) is 0 Å². The summed E-state index contributed by atoms with van der Waals surface area (Å²) in [5, 5.41) is 12.4. The van der Waals surface area contributed by atoms with Crippen LogP contribution in [0.1, 0.15) is 25.8 Å². The molecular weight excluding hydrogens is 230 g/mol. The molecule has 0 fully saturated rings. The van der Waals surface area contributed by atoms with E-state index in [4.69, 9.17) is 14.6 Å². The van der Waals surface area contributed by atoms with Gasteiger partial charge >= 0.3 is 0 Å².